The van der Waals surface area contributed by atoms with Crippen LogP contribution in [0, 0.1) is 0 Å². The van der Waals surface area contributed by atoms with E-state index in [9.17, 15) is 13.2 Å². The first-order valence-corrected chi connectivity index (χ1v) is 4.98. The molecule has 1 rings (SSSR count). The molecule has 0 atom stereocenters. The molecule has 0 spiro atoms. The van der Waals surface area contributed by atoms with E-state index in [1.54, 1.807) is 23.1 Å². The van der Waals surface area contributed by atoms with Gasteiger partial charge in [0, 0.05) is 32.0 Å². The average Bonchev–Trinajstić information content (AvgIpc) is 2.64. The molecule has 1 aromatic rings. The molecule has 0 unspecified atom stereocenters. The molecule has 0 aliphatic heterocycles. The van der Waals surface area contributed by atoms with Gasteiger partial charge in [-0.15, -0.1) is 0 Å². The van der Waals surface area contributed by atoms with Gasteiger partial charge in [0.1, 0.15) is 0 Å². The third-order valence-electron chi connectivity index (χ3n) is 2.05. The molecule has 0 saturated carbocycles. The number of hydrogen-bond acceptors (Lipinski definition) is 3. The van der Waals surface area contributed by atoms with Crippen LogP contribution in [0.4, 0.5) is 13.2 Å². The van der Waals surface area contributed by atoms with Crippen molar-refractivity contribution in [1.82, 2.24) is 14.7 Å². The molecular formula is C9H15F3N4. The molecule has 0 saturated heterocycles. The molecule has 0 bridgehead atoms. The molecule has 92 valence electrons. The Labute approximate surface area is 91.8 Å². The predicted octanol–water partition coefficient (Wildman–Crippen LogP) is 0.706. The van der Waals surface area contributed by atoms with Gasteiger partial charge in [0.2, 0.25) is 0 Å². The summed E-state index contributed by atoms with van der Waals surface area (Å²) in [6, 6.07) is 1.73. The van der Waals surface area contributed by atoms with Gasteiger partial charge >= 0.3 is 6.18 Å². The van der Waals surface area contributed by atoms with Gasteiger partial charge in [0.15, 0.2) is 0 Å². The van der Waals surface area contributed by atoms with Crippen LogP contribution < -0.4 is 5.73 Å². The summed E-state index contributed by atoms with van der Waals surface area (Å²) in [6.45, 7) is 0.253. The number of nitrogens with two attached hydrogens (primary N) is 1. The second-order valence-corrected chi connectivity index (χ2v) is 3.45. The van der Waals surface area contributed by atoms with Crippen LogP contribution in [0.25, 0.3) is 0 Å². The van der Waals surface area contributed by atoms with Gasteiger partial charge in [-0.2, -0.15) is 18.3 Å². The Kier molecular flexibility index (Phi) is 4.75. The van der Waals surface area contributed by atoms with Gasteiger partial charge in [-0.25, -0.2) is 0 Å². The summed E-state index contributed by atoms with van der Waals surface area (Å²) in [5.74, 6) is 0. The van der Waals surface area contributed by atoms with E-state index in [0.29, 0.717) is 13.1 Å². The Morgan fingerprint density at radius 3 is 2.56 bits per heavy atom. The Balaban J connectivity index is 2.39. The first-order chi connectivity index (χ1) is 7.51. The maximum absolute atomic E-state index is 12.2. The van der Waals surface area contributed by atoms with E-state index in [1.807, 2.05) is 0 Å². The van der Waals surface area contributed by atoms with Crippen molar-refractivity contribution < 1.29 is 13.2 Å². The van der Waals surface area contributed by atoms with Gasteiger partial charge in [0.05, 0.1) is 13.1 Å². The highest BCUT2D eigenvalue weighted by Gasteiger charge is 2.30. The minimum atomic E-state index is -4.18. The molecule has 0 aromatic carbocycles. The molecule has 0 fully saturated rings. The van der Waals surface area contributed by atoms with Crippen LogP contribution in [-0.4, -0.2) is 47.0 Å². The Hall–Kier alpha value is -1.08. The van der Waals surface area contributed by atoms with E-state index in [4.69, 9.17) is 5.73 Å². The quantitative estimate of drug-likeness (QED) is 0.791. The number of nitrogens with zero attached hydrogens (tertiary/aromatic N) is 3. The van der Waals surface area contributed by atoms with Crippen LogP contribution >= 0.6 is 0 Å². The summed E-state index contributed by atoms with van der Waals surface area (Å²) < 4.78 is 38.2. The lowest BCUT2D eigenvalue weighted by molar-refractivity contribution is -0.145. The summed E-state index contributed by atoms with van der Waals surface area (Å²) >= 11 is 0. The van der Waals surface area contributed by atoms with Gasteiger partial charge < -0.3 is 5.73 Å². The minimum Gasteiger partial charge on any atom is -0.329 e. The predicted molar refractivity (Wildman–Crippen MR) is 53.8 cm³/mol. The zero-order valence-corrected chi connectivity index (χ0v) is 8.82. The first kappa shape index (κ1) is 13.0. The molecule has 0 amide bonds. The summed E-state index contributed by atoms with van der Waals surface area (Å²) in [5, 5.41) is 3.92. The van der Waals surface area contributed by atoms with Crippen molar-refractivity contribution in [2.75, 3.05) is 26.2 Å². The van der Waals surface area contributed by atoms with Crippen molar-refractivity contribution in [3.05, 3.63) is 18.5 Å². The number of halogens is 3. The van der Waals surface area contributed by atoms with Crippen LogP contribution in [0.3, 0.4) is 0 Å². The summed E-state index contributed by atoms with van der Waals surface area (Å²) in [5.41, 5.74) is 5.27. The van der Waals surface area contributed by atoms with Crippen LogP contribution in [0.1, 0.15) is 0 Å². The third kappa shape index (κ3) is 5.13. The second-order valence-electron chi connectivity index (χ2n) is 3.45. The lowest BCUT2D eigenvalue weighted by atomic mass is 10.4. The van der Waals surface area contributed by atoms with Crippen molar-refractivity contribution in [2.24, 2.45) is 5.73 Å². The molecule has 7 heteroatoms. The third-order valence-corrected chi connectivity index (χ3v) is 2.05. The topological polar surface area (TPSA) is 47.1 Å². The number of alkyl halides is 3. The van der Waals surface area contributed by atoms with Gasteiger partial charge in [-0.05, 0) is 6.07 Å². The fraction of sp³-hybridized carbons (Fsp3) is 0.667. The maximum atomic E-state index is 12.2. The molecule has 1 heterocycles. The Morgan fingerprint density at radius 2 is 2.06 bits per heavy atom. The van der Waals surface area contributed by atoms with Crippen molar-refractivity contribution in [3.63, 3.8) is 0 Å². The zero-order valence-electron chi connectivity index (χ0n) is 8.82. The van der Waals surface area contributed by atoms with E-state index in [1.165, 1.54) is 4.90 Å². The molecular weight excluding hydrogens is 221 g/mol. The first-order valence-electron chi connectivity index (χ1n) is 4.98. The number of aromatic nitrogens is 2. The van der Waals surface area contributed by atoms with E-state index >= 15 is 0 Å². The highest BCUT2D eigenvalue weighted by atomic mass is 19.4. The monoisotopic (exact) mass is 236 g/mol. The Bertz CT molecular complexity index is 283. The summed E-state index contributed by atoms with van der Waals surface area (Å²) in [7, 11) is 0. The number of hydrogen-bond donors (Lipinski definition) is 1. The van der Waals surface area contributed by atoms with Crippen molar-refractivity contribution >= 4 is 0 Å². The van der Waals surface area contributed by atoms with Crippen LogP contribution in [0.5, 0.6) is 0 Å². The smallest absolute Gasteiger partial charge is 0.329 e. The molecule has 16 heavy (non-hydrogen) atoms. The fourth-order valence-corrected chi connectivity index (χ4v) is 1.38. The normalized spacial score (nSPS) is 12.3. The van der Waals surface area contributed by atoms with E-state index in [2.05, 4.69) is 5.10 Å². The minimum absolute atomic E-state index is 0.217. The summed E-state index contributed by atoms with van der Waals surface area (Å²) in [6.07, 6.45) is -0.871. The average molecular weight is 236 g/mol. The van der Waals surface area contributed by atoms with Crippen molar-refractivity contribution in [2.45, 2.75) is 12.7 Å². The molecule has 2 N–H and O–H groups in total. The fourth-order valence-electron chi connectivity index (χ4n) is 1.38. The largest absolute Gasteiger partial charge is 0.401 e. The molecule has 1 aromatic heterocycles. The highest BCUT2D eigenvalue weighted by Crippen LogP contribution is 2.16. The van der Waals surface area contributed by atoms with Crippen LogP contribution in [0.2, 0.25) is 0 Å². The lowest BCUT2D eigenvalue weighted by Gasteiger charge is -2.22. The molecule has 0 radical (unpaired) electrons. The van der Waals surface area contributed by atoms with Gasteiger partial charge in [0.25, 0.3) is 0 Å². The SMILES string of the molecule is NCCN(CCn1cccn1)CC(F)(F)F. The van der Waals surface area contributed by atoms with Gasteiger partial charge in [-0.3, -0.25) is 9.58 Å². The summed E-state index contributed by atoms with van der Waals surface area (Å²) in [4.78, 5) is 1.28. The van der Waals surface area contributed by atoms with E-state index in [-0.39, 0.29) is 13.1 Å². The van der Waals surface area contributed by atoms with Crippen LogP contribution in [-0.2, 0) is 6.54 Å². The molecule has 0 aliphatic carbocycles. The van der Waals surface area contributed by atoms with Crippen molar-refractivity contribution in [1.29, 1.82) is 0 Å². The molecule has 4 nitrogen and oxygen atoms in total. The molecule has 0 aliphatic rings. The van der Waals surface area contributed by atoms with Crippen molar-refractivity contribution in [3.8, 4) is 0 Å². The van der Waals surface area contributed by atoms with E-state index < -0.39 is 12.7 Å². The Morgan fingerprint density at radius 1 is 1.31 bits per heavy atom. The van der Waals surface area contributed by atoms with Gasteiger partial charge in [-0.1, -0.05) is 0 Å². The van der Waals surface area contributed by atoms with Crippen LogP contribution in [0.15, 0.2) is 18.5 Å². The van der Waals surface area contributed by atoms with E-state index in [0.717, 1.165) is 0 Å². The second kappa shape index (κ2) is 5.86. The zero-order chi connectivity index (χ0) is 12.0. The lowest BCUT2D eigenvalue weighted by Crippen LogP contribution is -2.39. The standard InChI is InChI=1S/C9H15F3N4/c10-9(11,12)8-15(5-2-13)6-7-16-4-1-3-14-16/h1,3-4H,2,5-8,13H2. The highest BCUT2D eigenvalue weighted by molar-refractivity contribution is 4.78. The maximum Gasteiger partial charge on any atom is 0.401 e. The number of rotatable bonds is 6.